The van der Waals surface area contributed by atoms with Crippen molar-refractivity contribution in [2.24, 2.45) is 0 Å². The Kier molecular flexibility index (Phi) is 6.39. The Bertz CT molecular complexity index is 457. The first kappa shape index (κ1) is 19.4. The highest BCUT2D eigenvalue weighted by molar-refractivity contribution is 8.32. The van der Waals surface area contributed by atoms with Crippen LogP contribution >= 0.6 is 10.0 Å². The molecule has 1 aromatic carbocycles. The molecule has 1 aromatic rings. The van der Waals surface area contributed by atoms with E-state index in [9.17, 15) is 13.2 Å². The van der Waals surface area contributed by atoms with Gasteiger partial charge in [-0.1, -0.05) is 0 Å². The van der Waals surface area contributed by atoms with E-state index in [4.69, 9.17) is 0 Å². The van der Waals surface area contributed by atoms with Crippen LogP contribution in [0.2, 0.25) is 0 Å². The Hall–Kier alpha value is -0.680. The minimum atomic E-state index is -4.27. The van der Waals surface area contributed by atoms with Gasteiger partial charge in [0.2, 0.25) is 0 Å². The summed E-state index contributed by atoms with van der Waals surface area (Å²) in [6.45, 7) is 2.14. The number of hydrogen-bond acceptors (Lipinski definition) is 1. The molecule has 0 fully saturated rings. The van der Waals surface area contributed by atoms with Gasteiger partial charge in [-0.2, -0.15) is 13.2 Å². The summed E-state index contributed by atoms with van der Waals surface area (Å²) in [6.07, 6.45) is 4.40. The second-order valence-corrected chi connectivity index (χ2v) is 11.1. The average molecular weight is 335 g/mol. The van der Waals surface area contributed by atoms with Gasteiger partial charge in [0, 0.05) is 6.04 Å². The topological polar surface area (TPSA) is 3.24 Å². The van der Waals surface area contributed by atoms with Gasteiger partial charge in [0.05, 0.1) is 5.56 Å². The summed E-state index contributed by atoms with van der Waals surface area (Å²) in [5.74, 6) is 0. The van der Waals surface area contributed by atoms with Crippen LogP contribution in [0, 0.1) is 0 Å². The molecular formula is C17H28F3NS. The third-order valence-corrected chi connectivity index (χ3v) is 5.62. The van der Waals surface area contributed by atoms with Crippen LogP contribution in [-0.4, -0.2) is 43.8 Å². The number of halogens is 3. The number of benzene rings is 1. The largest absolute Gasteiger partial charge is 0.416 e. The highest BCUT2D eigenvalue weighted by Crippen LogP contribution is 2.47. The molecule has 0 aromatic heterocycles. The van der Waals surface area contributed by atoms with Crippen molar-refractivity contribution >= 4 is 10.0 Å². The van der Waals surface area contributed by atoms with E-state index >= 15 is 0 Å². The molecule has 0 saturated heterocycles. The summed E-state index contributed by atoms with van der Waals surface area (Å²) >= 11 is 0. The fourth-order valence-electron chi connectivity index (χ4n) is 2.18. The van der Waals surface area contributed by atoms with Crippen LogP contribution in [0.5, 0.6) is 0 Å². The predicted octanol–water partition coefficient (Wildman–Crippen LogP) is 5.03. The molecule has 0 bridgehead atoms. The Morgan fingerprint density at radius 2 is 1.68 bits per heavy atom. The van der Waals surface area contributed by atoms with E-state index in [0.717, 1.165) is 23.3 Å². The van der Waals surface area contributed by atoms with Crippen LogP contribution in [0.3, 0.4) is 0 Å². The van der Waals surface area contributed by atoms with Gasteiger partial charge in [-0.15, -0.1) is 0 Å². The van der Waals surface area contributed by atoms with E-state index < -0.39 is 21.8 Å². The van der Waals surface area contributed by atoms with Crippen LogP contribution in [0.15, 0.2) is 23.1 Å². The van der Waals surface area contributed by atoms with Gasteiger partial charge in [0.1, 0.15) is 0 Å². The van der Waals surface area contributed by atoms with Gasteiger partial charge in [-0.3, -0.25) is 0 Å². The molecule has 0 heterocycles. The molecule has 0 N–H and O–H groups in total. The van der Waals surface area contributed by atoms with Crippen molar-refractivity contribution in [3.63, 3.8) is 0 Å². The number of nitrogens with zero attached hydrogens (tertiary/aromatic N) is 1. The monoisotopic (exact) mass is 335 g/mol. The van der Waals surface area contributed by atoms with Gasteiger partial charge >= 0.3 is 6.18 Å². The third kappa shape index (κ3) is 5.84. The molecule has 0 aliphatic rings. The molecular weight excluding hydrogens is 307 g/mol. The minimum absolute atomic E-state index is 0.443. The number of rotatable bonds is 6. The summed E-state index contributed by atoms with van der Waals surface area (Å²) in [5, 5.41) is 0. The number of aryl methyl sites for hydroxylation is 1. The zero-order valence-electron chi connectivity index (χ0n) is 14.4. The van der Waals surface area contributed by atoms with Crippen molar-refractivity contribution in [3.05, 3.63) is 29.3 Å². The van der Waals surface area contributed by atoms with Crippen LogP contribution in [0.25, 0.3) is 0 Å². The van der Waals surface area contributed by atoms with Crippen molar-refractivity contribution in [2.45, 2.75) is 43.3 Å². The lowest BCUT2D eigenvalue weighted by molar-refractivity contribution is -0.137. The molecule has 0 aliphatic carbocycles. The average Bonchev–Trinajstić information content (AvgIpc) is 2.36. The van der Waals surface area contributed by atoms with Gasteiger partial charge in [0.25, 0.3) is 0 Å². The van der Waals surface area contributed by atoms with Crippen LogP contribution in [0.4, 0.5) is 13.2 Å². The smallest absolute Gasteiger partial charge is 0.307 e. The van der Waals surface area contributed by atoms with E-state index in [1.165, 1.54) is 12.1 Å². The van der Waals surface area contributed by atoms with Crippen molar-refractivity contribution in [1.82, 2.24) is 4.90 Å². The molecule has 22 heavy (non-hydrogen) atoms. The first-order valence-electron chi connectivity index (χ1n) is 7.47. The number of alkyl halides is 3. The maximum atomic E-state index is 13.1. The molecule has 0 amide bonds. The lowest BCUT2D eigenvalue weighted by atomic mass is 10.0. The highest BCUT2D eigenvalue weighted by atomic mass is 32.3. The fraction of sp³-hybridized carbons (Fsp3) is 0.647. The molecule has 0 saturated carbocycles. The maximum Gasteiger partial charge on any atom is 0.416 e. The van der Waals surface area contributed by atoms with Gasteiger partial charge in [0.15, 0.2) is 0 Å². The molecule has 1 rings (SSSR count). The summed E-state index contributed by atoms with van der Waals surface area (Å²) in [7, 11) is 2.88. The van der Waals surface area contributed by atoms with Gasteiger partial charge < -0.3 is 4.90 Å². The normalized spacial score (nSPS) is 15.2. The van der Waals surface area contributed by atoms with E-state index in [1.807, 2.05) is 38.9 Å². The second-order valence-electron chi connectivity index (χ2n) is 6.91. The molecule has 5 heteroatoms. The van der Waals surface area contributed by atoms with Crippen LogP contribution in [-0.2, 0) is 12.6 Å². The number of hydrogen-bond donors (Lipinski definition) is 0. The van der Waals surface area contributed by atoms with Crippen molar-refractivity contribution in [3.8, 4) is 0 Å². The Balaban J connectivity index is 2.94. The molecule has 128 valence electrons. The van der Waals surface area contributed by atoms with Crippen molar-refractivity contribution < 1.29 is 13.2 Å². The molecule has 0 spiro atoms. The van der Waals surface area contributed by atoms with Crippen LogP contribution in [0.1, 0.15) is 30.9 Å². The molecule has 0 aliphatic heterocycles. The first-order valence-corrected chi connectivity index (χ1v) is 10.3. The third-order valence-electron chi connectivity index (χ3n) is 3.97. The Morgan fingerprint density at radius 1 is 1.09 bits per heavy atom. The van der Waals surface area contributed by atoms with E-state index in [0.29, 0.717) is 12.5 Å². The first-order chi connectivity index (χ1) is 9.91. The highest BCUT2D eigenvalue weighted by Gasteiger charge is 2.31. The van der Waals surface area contributed by atoms with E-state index in [2.05, 4.69) is 11.8 Å². The molecule has 1 unspecified atom stereocenters. The SMILES string of the molecule is CC(CCCc1cc(C(F)(F)F)cc(S(C)(C)C)c1)N(C)C. The van der Waals surface area contributed by atoms with Crippen molar-refractivity contribution in [2.75, 3.05) is 32.9 Å². The molecule has 1 atom stereocenters. The molecule has 0 radical (unpaired) electrons. The lowest BCUT2D eigenvalue weighted by Gasteiger charge is -2.27. The van der Waals surface area contributed by atoms with Gasteiger partial charge in [-0.25, -0.2) is 10.0 Å². The second kappa shape index (κ2) is 7.26. The lowest BCUT2D eigenvalue weighted by Crippen LogP contribution is -2.24. The zero-order valence-corrected chi connectivity index (χ0v) is 15.2. The summed E-state index contributed by atoms with van der Waals surface area (Å²) in [4.78, 5) is 2.97. The zero-order chi connectivity index (χ0) is 17.1. The minimum Gasteiger partial charge on any atom is -0.307 e. The van der Waals surface area contributed by atoms with E-state index in [1.54, 1.807) is 0 Å². The van der Waals surface area contributed by atoms with Crippen LogP contribution < -0.4 is 0 Å². The Labute approximate surface area is 134 Å². The summed E-state index contributed by atoms with van der Waals surface area (Å²) in [6, 6.07) is 5.04. The maximum absolute atomic E-state index is 13.1. The molecule has 1 nitrogen and oxygen atoms in total. The van der Waals surface area contributed by atoms with Crippen molar-refractivity contribution in [1.29, 1.82) is 0 Å². The van der Waals surface area contributed by atoms with E-state index in [-0.39, 0.29) is 0 Å². The quantitative estimate of drug-likeness (QED) is 0.705. The summed E-state index contributed by atoms with van der Waals surface area (Å²) < 4.78 is 39.3. The van der Waals surface area contributed by atoms with Gasteiger partial charge in [-0.05, 0) is 87.7 Å². The Morgan fingerprint density at radius 3 is 2.14 bits per heavy atom. The summed E-state index contributed by atoms with van der Waals surface area (Å²) in [5.41, 5.74) is 0.293. The standard InChI is InChI=1S/C17H28F3NS/c1-13(21(2)3)8-7-9-14-10-15(17(18,19)20)12-16(11-14)22(4,5)6/h10-13H,7-9H2,1-6H3. The fourth-order valence-corrected chi connectivity index (χ4v) is 3.17. The predicted molar refractivity (Wildman–Crippen MR) is 91.2 cm³/mol.